The fourth-order valence-corrected chi connectivity index (χ4v) is 1.91. The van der Waals surface area contributed by atoms with Gasteiger partial charge in [0.25, 0.3) is 0 Å². The van der Waals surface area contributed by atoms with Gasteiger partial charge < -0.3 is 31.9 Å². The predicted molar refractivity (Wildman–Crippen MR) is 62.8 cm³/mol. The second-order valence-corrected chi connectivity index (χ2v) is 4.59. The molecule has 0 aliphatic carbocycles. The quantitative estimate of drug-likeness (QED) is 0.260. The Morgan fingerprint density at radius 3 is 0.857 bits per heavy atom. The average Bonchev–Trinajstić information content (AvgIpc) is 2.10. The van der Waals surface area contributed by atoms with E-state index in [0.29, 0.717) is 0 Å². The Morgan fingerprint density at radius 2 is 0.762 bits per heavy atom. The number of aliphatic carboxylic acids is 4. The van der Waals surface area contributed by atoms with Crippen molar-refractivity contribution in [2.75, 3.05) is 0 Å². The largest absolute Gasteiger partial charge is 0.481 e. The zero-order chi connectivity index (χ0) is 16.1. The number of carboxylic acid groups (broad SMARTS) is 4. The zero-order valence-corrected chi connectivity index (χ0v) is 12.0. The second kappa shape index (κ2) is 7.93. The summed E-state index contributed by atoms with van der Waals surface area (Å²) >= 11 is 0. The van der Waals surface area contributed by atoms with Gasteiger partial charge in [0.15, 0.2) is 0 Å². The SMILES string of the molecule is NC(CC(=O)O)(CC(=O)O)C(N)(CC(=O)O)CC(=O)O.[Mn]. The number of nitrogens with two attached hydrogens (primary N) is 2. The number of hydrogen-bond acceptors (Lipinski definition) is 6. The minimum atomic E-state index is -2.22. The van der Waals surface area contributed by atoms with E-state index in [4.69, 9.17) is 31.9 Å². The van der Waals surface area contributed by atoms with Gasteiger partial charge in [0, 0.05) is 17.1 Å². The van der Waals surface area contributed by atoms with Crippen LogP contribution < -0.4 is 11.5 Å². The third-order valence-electron chi connectivity index (χ3n) is 2.86. The maximum atomic E-state index is 10.8. The molecule has 21 heavy (non-hydrogen) atoms. The summed E-state index contributed by atoms with van der Waals surface area (Å²) in [6.45, 7) is 0. The van der Waals surface area contributed by atoms with Gasteiger partial charge in [-0.3, -0.25) is 19.2 Å². The van der Waals surface area contributed by atoms with Crippen molar-refractivity contribution >= 4 is 23.9 Å². The van der Waals surface area contributed by atoms with E-state index in [2.05, 4.69) is 0 Å². The van der Waals surface area contributed by atoms with Crippen molar-refractivity contribution in [3.05, 3.63) is 0 Å². The first-order valence-corrected chi connectivity index (χ1v) is 5.37. The van der Waals surface area contributed by atoms with Crippen LogP contribution in [0.25, 0.3) is 0 Å². The van der Waals surface area contributed by atoms with E-state index in [0.717, 1.165) is 0 Å². The standard InChI is InChI=1S/C10H16N2O8.Mn/c11-9(1-5(13)14,2-6(15)16)10(12,3-7(17)18)4-8(19)20;/h1-4,11-12H2,(H,13,14)(H,15,16)(H,17,18)(H,19,20);. The summed E-state index contributed by atoms with van der Waals surface area (Å²) in [6, 6.07) is 0. The molecule has 0 saturated carbocycles. The molecule has 0 aromatic carbocycles. The fourth-order valence-electron chi connectivity index (χ4n) is 1.91. The molecule has 0 bridgehead atoms. The smallest absolute Gasteiger partial charge is 0.305 e. The topological polar surface area (TPSA) is 201 Å². The van der Waals surface area contributed by atoms with Crippen LogP contribution in [-0.2, 0) is 36.2 Å². The van der Waals surface area contributed by atoms with E-state index >= 15 is 0 Å². The maximum Gasteiger partial charge on any atom is 0.305 e. The normalized spacial score (nSPS) is 11.3. The summed E-state index contributed by atoms with van der Waals surface area (Å²) < 4.78 is 0. The molecule has 0 fully saturated rings. The van der Waals surface area contributed by atoms with Crippen LogP contribution in [0.5, 0.6) is 0 Å². The number of carbonyl (C=O) groups is 4. The van der Waals surface area contributed by atoms with Gasteiger partial charge in [-0.2, -0.15) is 0 Å². The van der Waals surface area contributed by atoms with Crippen LogP contribution in [0.4, 0.5) is 0 Å². The molecule has 0 rings (SSSR count). The Bertz CT molecular complexity index is 367. The average molecular weight is 347 g/mol. The Morgan fingerprint density at radius 1 is 0.619 bits per heavy atom. The van der Waals surface area contributed by atoms with Gasteiger partial charge in [-0.1, -0.05) is 0 Å². The maximum absolute atomic E-state index is 10.8. The number of rotatable bonds is 9. The Kier molecular flexibility index (Phi) is 8.17. The summed E-state index contributed by atoms with van der Waals surface area (Å²) in [5.74, 6) is -6.06. The second-order valence-electron chi connectivity index (χ2n) is 4.59. The van der Waals surface area contributed by atoms with Crippen LogP contribution >= 0.6 is 0 Å². The van der Waals surface area contributed by atoms with E-state index in [1.165, 1.54) is 0 Å². The fraction of sp³-hybridized carbons (Fsp3) is 0.600. The molecule has 0 heterocycles. The molecule has 0 aromatic heterocycles. The van der Waals surface area contributed by atoms with Gasteiger partial charge >= 0.3 is 23.9 Å². The predicted octanol–water partition coefficient (Wildman–Crippen LogP) is -1.72. The van der Waals surface area contributed by atoms with Crippen molar-refractivity contribution < 1.29 is 56.7 Å². The first kappa shape index (κ1) is 21.6. The van der Waals surface area contributed by atoms with Gasteiger partial charge in [-0.05, 0) is 0 Å². The van der Waals surface area contributed by atoms with Gasteiger partial charge in [0.2, 0.25) is 0 Å². The van der Waals surface area contributed by atoms with Crippen LogP contribution in [0.15, 0.2) is 0 Å². The van der Waals surface area contributed by atoms with E-state index < -0.39 is 60.6 Å². The van der Waals surface area contributed by atoms with E-state index in [1.807, 2.05) is 0 Å². The molecule has 0 aliphatic rings. The molecule has 121 valence electrons. The zero-order valence-electron chi connectivity index (χ0n) is 10.8. The third kappa shape index (κ3) is 6.54. The van der Waals surface area contributed by atoms with Crippen LogP contribution in [-0.4, -0.2) is 55.4 Å². The molecular formula is C10H16MnN2O8. The molecular weight excluding hydrogens is 331 g/mol. The van der Waals surface area contributed by atoms with Gasteiger partial charge in [0.1, 0.15) is 0 Å². The van der Waals surface area contributed by atoms with Crippen molar-refractivity contribution in [1.82, 2.24) is 0 Å². The van der Waals surface area contributed by atoms with Crippen molar-refractivity contribution in [2.45, 2.75) is 36.8 Å². The first-order chi connectivity index (χ1) is 8.92. The molecule has 11 heteroatoms. The molecule has 0 aliphatic heterocycles. The van der Waals surface area contributed by atoms with E-state index in [9.17, 15) is 19.2 Å². The van der Waals surface area contributed by atoms with Crippen molar-refractivity contribution in [1.29, 1.82) is 0 Å². The third-order valence-corrected chi connectivity index (χ3v) is 2.86. The summed E-state index contributed by atoms with van der Waals surface area (Å²) in [5.41, 5.74) is 6.88. The van der Waals surface area contributed by atoms with E-state index in [-0.39, 0.29) is 17.1 Å². The van der Waals surface area contributed by atoms with Gasteiger partial charge in [-0.15, -0.1) is 0 Å². The molecule has 0 spiro atoms. The minimum Gasteiger partial charge on any atom is -0.481 e. The molecule has 10 nitrogen and oxygen atoms in total. The number of hydrogen-bond donors (Lipinski definition) is 6. The molecule has 0 saturated heterocycles. The Balaban J connectivity index is 0. The van der Waals surface area contributed by atoms with Crippen molar-refractivity contribution in [3.63, 3.8) is 0 Å². The number of carboxylic acids is 4. The monoisotopic (exact) mass is 347 g/mol. The van der Waals surface area contributed by atoms with Crippen LogP contribution in [0.3, 0.4) is 0 Å². The first-order valence-electron chi connectivity index (χ1n) is 5.37. The summed E-state index contributed by atoms with van der Waals surface area (Å²) in [4.78, 5) is 43.2. The molecule has 8 N–H and O–H groups in total. The van der Waals surface area contributed by atoms with Gasteiger partial charge in [0.05, 0.1) is 36.8 Å². The van der Waals surface area contributed by atoms with Crippen molar-refractivity contribution in [3.8, 4) is 0 Å². The minimum absolute atomic E-state index is 0. The summed E-state index contributed by atoms with van der Waals surface area (Å²) in [7, 11) is 0. The summed E-state index contributed by atoms with van der Waals surface area (Å²) in [6.07, 6.45) is -3.90. The Hall–Kier alpha value is -1.68. The van der Waals surface area contributed by atoms with E-state index in [1.54, 1.807) is 0 Å². The summed E-state index contributed by atoms with van der Waals surface area (Å²) in [5, 5.41) is 35.1. The molecule has 0 atom stereocenters. The van der Waals surface area contributed by atoms with Crippen LogP contribution in [0, 0.1) is 0 Å². The molecule has 0 aromatic rings. The van der Waals surface area contributed by atoms with Crippen LogP contribution in [0.2, 0.25) is 0 Å². The Labute approximate surface area is 129 Å². The molecule has 0 unspecified atom stereocenters. The molecule has 0 amide bonds. The van der Waals surface area contributed by atoms with Crippen molar-refractivity contribution in [2.24, 2.45) is 11.5 Å². The van der Waals surface area contributed by atoms with Crippen LogP contribution in [0.1, 0.15) is 25.7 Å². The van der Waals surface area contributed by atoms with Gasteiger partial charge in [-0.25, -0.2) is 0 Å². The molecule has 1 radical (unpaired) electrons.